The predicted octanol–water partition coefficient (Wildman–Crippen LogP) is 2.58. The van der Waals surface area contributed by atoms with Crippen LogP contribution >= 0.6 is 0 Å². The van der Waals surface area contributed by atoms with Crippen molar-refractivity contribution >= 4 is 21.6 Å². The molecule has 2 aromatic carbocycles. The molecule has 156 valence electrons. The molecule has 1 amide bonds. The lowest BCUT2D eigenvalue weighted by Crippen LogP contribution is -2.47. The Bertz CT molecular complexity index is 1020. The van der Waals surface area contributed by atoms with E-state index in [1.807, 2.05) is 51.1 Å². The van der Waals surface area contributed by atoms with Crippen molar-refractivity contribution in [3.8, 4) is 11.5 Å². The fourth-order valence-electron chi connectivity index (χ4n) is 3.25. The van der Waals surface area contributed by atoms with E-state index in [2.05, 4.69) is 5.32 Å². The maximum atomic E-state index is 12.8. The summed E-state index contributed by atoms with van der Waals surface area (Å²) in [6.45, 7) is 6.20. The first-order chi connectivity index (χ1) is 13.6. The normalized spacial score (nSPS) is 13.7. The second-order valence-corrected chi connectivity index (χ2v) is 9.49. The Morgan fingerprint density at radius 2 is 1.76 bits per heavy atom. The molecule has 0 spiro atoms. The third-order valence-electron chi connectivity index (χ3n) is 4.79. The smallest absolute Gasteiger partial charge is 0.241 e. The van der Waals surface area contributed by atoms with E-state index in [1.54, 1.807) is 12.1 Å². The Hall–Kier alpha value is -2.74. The lowest BCUT2D eigenvalue weighted by Gasteiger charge is -2.30. The van der Waals surface area contributed by atoms with Gasteiger partial charge in [-0.2, -0.15) is 0 Å². The topological polar surface area (TPSA) is 84.9 Å². The van der Waals surface area contributed by atoms with Crippen LogP contribution in [0.25, 0.3) is 0 Å². The number of aryl methyl sites for hydroxylation is 1. The van der Waals surface area contributed by atoms with Gasteiger partial charge >= 0.3 is 0 Å². The van der Waals surface area contributed by atoms with Crippen molar-refractivity contribution in [2.45, 2.75) is 26.3 Å². The summed E-state index contributed by atoms with van der Waals surface area (Å²) in [5.74, 6) is 0.900. The third kappa shape index (κ3) is 4.82. The van der Waals surface area contributed by atoms with E-state index in [4.69, 9.17) is 9.47 Å². The summed E-state index contributed by atoms with van der Waals surface area (Å²) in [6.07, 6.45) is 1.10. The Balaban J connectivity index is 1.80. The molecule has 1 aliphatic heterocycles. The van der Waals surface area contributed by atoms with Gasteiger partial charge in [-0.15, -0.1) is 0 Å². The molecule has 0 atom stereocenters. The molecule has 1 heterocycles. The molecule has 0 bridgehead atoms. The van der Waals surface area contributed by atoms with Gasteiger partial charge in [0.1, 0.15) is 19.8 Å². The summed E-state index contributed by atoms with van der Waals surface area (Å²) < 4.78 is 36.9. The van der Waals surface area contributed by atoms with E-state index in [9.17, 15) is 13.2 Å². The number of amides is 1. The number of sulfonamides is 1. The fourth-order valence-corrected chi connectivity index (χ4v) is 4.16. The molecule has 1 N–H and O–H groups in total. The van der Waals surface area contributed by atoms with Crippen LogP contribution in [0.1, 0.15) is 25.0 Å². The highest BCUT2D eigenvalue weighted by Gasteiger charge is 2.28. The van der Waals surface area contributed by atoms with Crippen LogP contribution in [0.15, 0.2) is 42.5 Å². The summed E-state index contributed by atoms with van der Waals surface area (Å²) in [4.78, 5) is 12.8. The van der Waals surface area contributed by atoms with Crippen molar-refractivity contribution in [2.75, 3.05) is 30.3 Å². The number of para-hydroxylation sites is 1. The van der Waals surface area contributed by atoms with Gasteiger partial charge in [0.2, 0.25) is 15.9 Å². The summed E-state index contributed by atoms with van der Waals surface area (Å²) in [7, 11) is -3.63. The number of ether oxygens (including phenoxy) is 2. The van der Waals surface area contributed by atoms with Crippen molar-refractivity contribution in [1.29, 1.82) is 0 Å². The highest BCUT2D eigenvalue weighted by Crippen LogP contribution is 2.34. The highest BCUT2D eigenvalue weighted by atomic mass is 32.2. The lowest BCUT2D eigenvalue weighted by molar-refractivity contribution is -0.121. The first-order valence-corrected chi connectivity index (χ1v) is 11.2. The molecule has 0 aromatic heterocycles. The Morgan fingerprint density at radius 3 is 2.41 bits per heavy atom. The fraction of sp³-hybridized carbons (Fsp3) is 0.381. The van der Waals surface area contributed by atoms with Crippen molar-refractivity contribution < 1.29 is 22.7 Å². The SMILES string of the molecule is Cc1ccccc1N(CC(=O)NC(C)(C)c1ccc2c(c1)OCCO2)S(C)(=O)=O. The first kappa shape index (κ1) is 21.0. The van der Waals surface area contributed by atoms with Crippen LogP contribution in [-0.4, -0.2) is 40.3 Å². The molecular formula is C21H26N2O5S. The number of hydrogen-bond donors (Lipinski definition) is 1. The highest BCUT2D eigenvalue weighted by molar-refractivity contribution is 7.92. The molecular weight excluding hydrogens is 392 g/mol. The largest absolute Gasteiger partial charge is 0.486 e. The van der Waals surface area contributed by atoms with Gasteiger partial charge in [0.05, 0.1) is 17.5 Å². The standard InChI is InChI=1S/C21H26N2O5S/c1-15-7-5-6-8-17(15)23(29(4,25)26)14-20(24)22-21(2,3)16-9-10-18-19(13-16)28-12-11-27-18/h5-10,13H,11-12,14H2,1-4H3,(H,22,24). The Kier molecular flexibility index (Phi) is 5.75. The second-order valence-electron chi connectivity index (χ2n) is 7.59. The van der Waals surface area contributed by atoms with Crippen LogP contribution in [-0.2, 0) is 20.4 Å². The van der Waals surface area contributed by atoms with E-state index in [0.29, 0.717) is 30.4 Å². The monoisotopic (exact) mass is 418 g/mol. The summed E-state index contributed by atoms with van der Waals surface area (Å²) >= 11 is 0. The van der Waals surface area contributed by atoms with Crippen LogP contribution in [0.4, 0.5) is 5.69 Å². The molecule has 0 fully saturated rings. The van der Waals surface area contributed by atoms with Gasteiger partial charge in [-0.05, 0) is 50.1 Å². The van der Waals surface area contributed by atoms with E-state index >= 15 is 0 Å². The van der Waals surface area contributed by atoms with Crippen LogP contribution in [0.2, 0.25) is 0 Å². The molecule has 3 rings (SSSR count). The zero-order valence-electron chi connectivity index (χ0n) is 17.1. The molecule has 0 aliphatic carbocycles. The summed E-state index contributed by atoms with van der Waals surface area (Å²) in [5, 5.41) is 2.93. The first-order valence-electron chi connectivity index (χ1n) is 9.32. The van der Waals surface area contributed by atoms with E-state index in [-0.39, 0.29) is 6.54 Å². The number of anilines is 1. The summed E-state index contributed by atoms with van der Waals surface area (Å²) in [5.41, 5.74) is 1.36. The number of fused-ring (bicyclic) bond motifs is 1. The average Bonchev–Trinajstić information content (AvgIpc) is 2.65. The molecule has 0 radical (unpaired) electrons. The maximum Gasteiger partial charge on any atom is 0.241 e. The van der Waals surface area contributed by atoms with Gasteiger partial charge in [-0.25, -0.2) is 8.42 Å². The quantitative estimate of drug-likeness (QED) is 0.779. The predicted molar refractivity (Wildman–Crippen MR) is 112 cm³/mol. The number of rotatable bonds is 6. The lowest BCUT2D eigenvalue weighted by atomic mass is 9.93. The third-order valence-corrected chi connectivity index (χ3v) is 5.91. The zero-order valence-corrected chi connectivity index (χ0v) is 17.9. The van der Waals surface area contributed by atoms with E-state index in [0.717, 1.165) is 21.7 Å². The molecule has 1 aliphatic rings. The average molecular weight is 419 g/mol. The number of nitrogens with one attached hydrogen (secondary N) is 1. The van der Waals surface area contributed by atoms with Crippen molar-refractivity contribution in [3.05, 3.63) is 53.6 Å². The van der Waals surface area contributed by atoms with Gasteiger partial charge in [0, 0.05) is 0 Å². The zero-order chi connectivity index (χ0) is 21.2. The second kappa shape index (κ2) is 7.94. The molecule has 29 heavy (non-hydrogen) atoms. The number of carbonyl (C=O) groups excluding carboxylic acids is 1. The van der Waals surface area contributed by atoms with Gasteiger partial charge < -0.3 is 14.8 Å². The van der Waals surface area contributed by atoms with Gasteiger partial charge in [-0.1, -0.05) is 24.3 Å². The molecule has 0 saturated heterocycles. The minimum atomic E-state index is -3.63. The van der Waals surface area contributed by atoms with E-state index < -0.39 is 21.5 Å². The number of hydrogen-bond acceptors (Lipinski definition) is 5. The van der Waals surface area contributed by atoms with Crippen molar-refractivity contribution in [3.63, 3.8) is 0 Å². The van der Waals surface area contributed by atoms with Crippen LogP contribution < -0.4 is 19.1 Å². The molecule has 7 nitrogen and oxygen atoms in total. The summed E-state index contributed by atoms with van der Waals surface area (Å²) in [6, 6.07) is 12.6. The molecule has 0 unspecified atom stereocenters. The minimum absolute atomic E-state index is 0.308. The molecule has 0 saturated carbocycles. The Morgan fingerprint density at radius 1 is 1.10 bits per heavy atom. The van der Waals surface area contributed by atoms with Gasteiger partial charge in [-0.3, -0.25) is 9.10 Å². The maximum absolute atomic E-state index is 12.8. The van der Waals surface area contributed by atoms with Gasteiger partial charge in [0.25, 0.3) is 0 Å². The molecule has 2 aromatic rings. The van der Waals surface area contributed by atoms with Crippen molar-refractivity contribution in [2.24, 2.45) is 0 Å². The number of nitrogens with zero attached hydrogens (tertiary/aromatic N) is 1. The number of carbonyl (C=O) groups is 1. The van der Waals surface area contributed by atoms with Gasteiger partial charge in [0.15, 0.2) is 11.5 Å². The number of benzene rings is 2. The minimum Gasteiger partial charge on any atom is -0.486 e. The Labute approximate surface area is 171 Å². The van der Waals surface area contributed by atoms with Crippen LogP contribution in [0.5, 0.6) is 11.5 Å². The van der Waals surface area contributed by atoms with Crippen LogP contribution in [0.3, 0.4) is 0 Å². The molecule has 8 heteroatoms. The van der Waals surface area contributed by atoms with E-state index in [1.165, 1.54) is 0 Å². The van der Waals surface area contributed by atoms with Crippen molar-refractivity contribution in [1.82, 2.24) is 5.32 Å². The van der Waals surface area contributed by atoms with Crippen LogP contribution in [0, 0.1) is 6.92 Å².